The summed E-state index contributed by atoms with van der Waals surface area (Å²) in [7, 11) is 0. The van der Waals surface area contributed by atoms with Crippen LogP contribution < -0.4 is 16.4 Å². The number of aromatic nitrogens is 1. The zero-order valence-corrected chi connectivity index (χ0v) is 22.0. The largest absolute Gasteiger partial charge is 0.381 e. The summed E-state index contributed by atoms with van der Waals surface area (Å²) in [5, 5.41) is 15.6. The minimum Gasteiger partial charge on any atom is -0.381 e. The second kappa shape index (κ2) is 14.3. The predicted octanol–water partition coefficient (Wildman–Crippen LogP) is 2.95. The van der Waals surface area contributed by atoms with Crippen molar-refractivity contribution in [3.8, 4) is 6.07 Å². The number of carbonyl (C=O) groups is 3. The molecule has 0 radical (unpaired) electrons. The van der Waals surface area contributed by atoms with Crippen LogP contribution in [0.4, 0.5) is 0 Å². The van der Waals surface area contributed by atoms with Crippen molar-refractivity contribution in [1.82, 2.24) is 15.6 Å². The number of nitriles is 1. The number of aryl methyl sites for hydroxylation is 1. The van der Waals surface area contributed by atoms with Crippen LogP contribution in [0, 0.1) is 17.2 Å². The Morgan fingerprint density at radius 3 is 2.58 bits per heavy atom. The van der Waals surface area contributed by atoms with E-state index >= 15 is 0 Å². The fourth-order valence-electron chi connectivity index (χ4n) is 3.77. The number of primary amides is 1. The van der Waals surface area contributed by atoms with Crippen LogP contribution in [0.3, 0.4) is 0 Å². The van der Waals surface area contributed by atoms with Gasteiger partial charge in [0.15, 0.2) is 0 Å². The van der Waals surface area contributed by atoms with Gasteiger partial charge in [-0.25, -0.2) is 4.98 Å². The van der Waals surface area contributed by atoms with Crippen molar-refractivity contribution >= 4 is 39.3 Å². The molecule has 1 aliphatic heterocycles. The number of benzene rings is 1. The number of amides is 3. The zero-order chi connectivity index (χ0) is 26.7. The average Bonchev–Trinajstić information content (AvgIpc) is 3.27. The minimum absolute atomic E-state index is 0.0722. The van der Waals surface area contributed by atoms with Crippen molar-refractivity contribution in [3.05, 3.63) is 40.9 Å². The van der Waals surface area contributed by atoms with Crippen LogP contribution in [0.25, 0.3) is 10.2 Å². The van der Waals surface area contributed by atoms with Crippen molar-refractivity contribution < 1.29 is 19.1 Å². The molecule has 3 amide bonds. The van der Waals surface area contributed by atoms with Gasteiger partial charge in [-0.1, -0.05) is 26.5 Å². The lowest BCUT2D eigenvalue weighted by Crippen LogP contribution is -2.49. The number of hydrogen-bond donors (Lipinski definition) is 3. The molecule has 0 bridgehead atoms. The number of nitrogens with zero attached hydrogens (tertiary/aromatic N) is 2. The molecule has 0 aliphatic carbocycles. The number of carbonyl (C=O) groups excluding carboxylic acids is 3. The first kappa shape index (κ1) is 28.9. The quantitative estimate of drug-likeness (QED) is 0.347. The molecule has 10 heteroatoms. The van der Waals surface area contributed by atoms with Crippen LogP contribution in [-0.2, 0) is 25.5 Å². The molecule has 1 aliphatic rings. The van der Waals surface area contributed by atoms with Gasteiger partial charge in [-0.15, -0.1) is 11.3 Å². The first-order valence-corrected chi connectivity index (χ1v) is 12.8. The highest BCUT2D eigenvalue weighted by Gasteiger charge is 2.26. The van der Waals surface area contributed by atoms with Crippen molar-refractivity contribution in [2.75, 3.05) is 19.8 Å². The maximum absolute atomic E-state index is 12.7. The fraction of sp³-hybridized carbons (Fsp3) is 0.500. The molecule has 1 aromatic carbocycles. The topological polar surface area (TPSA) is 147 Å². The summed E-state index contributed by atoms with van der Waals surface area (Å²) in [4.78, 5) is 38.5. The third-order valence-electron chi connectivity index (χ3n) is 5.76. The monoisotopic (exact) mass is 513 g/mol. The van der Waals surface area contributed by atoms with E-state index in [2.05, 4.69) is 53.9 Å². The Labute approximate surface area is 216 Å². The van der Waals surface area contributed by atoms with Gasteiger partial charge in [0.1, 0.15) is 11.6 Å². The van der Waals surface area contributed by atoms with Gasteiger partial charge in [0.2, 0.25) is 11.8 Å². The Balaban J connectivity index is 0.00000106. The Morgan fingerprint density at radius 1 is 1.31 bits per heavy atom. The molecular weight excluding hydrogens is 478 g/mol. The number of rotatable bonds is 9. The number of nitrogens with two attached hydrogens (primary N) is 1. The Morgan fingerprint density at radius 2 is 1.97 bits per heavy atom. The molecule has 1 saturated heterocycles. The van der Waals surface area contributed by atoms with Gasteiger partial charge < -0.3 is 21.1 Å². The molecule has 3 rings (SSSR count). The summed E-state index contributed by atoms with van der Waals surface area (Å²) in [5.74, 6) is -0.241. The van der Waals surface area contributed by atoms with E-state index in [0.717, 1.165) is 28.1 Å². The van der Waals surface area contributed by atoms with E-state index in [1.807, 2.05) is 6.07 Å². The normalized spacial score (nSPS) is 14.3. The Kier molecular flexibility index (Phi) is 11.5. The van der Waals surface area contributed by atoms with Gasteiger partial charge >= 0.3 is 0 Å². The van der Waals surface area contributed by atoms with Gasteiger partial charge in [-0.3, -0.25) is 14.4 Å². The molecule has 1 fully saturated rings. The molecule has 194 valence electrons. The van der Waals surface area contributed by atoms with Gasteiger partial charge in [-0.2, -0.15) is 5.26 Å². The zero-order valence-electron chi connectivity index (χ0n) is 21.1. The number of fused-ring (bicyclic) bond motifs is 1. The number of ether oxygens (including phenoxy) is 1. The average molecular weight is 514 g/mol. The van der Waals surface area contributed by atoms with Gasteiger partial charge in [-0.05, 0) is 42.4 Å². The molecule has 9 nitrogen and oxygen atoms in total. The molecule has 0 spiro atoms. The van der Waals surface area contributed by atoms with E-state index < -0.39 is 5.91 Å². The second-order valence-electron chi connectivity index (χ2n) is 9.02. The van der Waals surface area contributed by atoms with Crippen molar-refractivity contribution in [2.45, 2.75) is 58.4 Å². The van der Waals surface area contributed by atoms with E-state index in [1.54, 1.807) is 17.4 Å². The van der Waals surface area contributed by atoms with Crippen LogP contribution in [0.5, 0.6) is 0 Å². The lowest BCUT2D eigenvalue weighted by atomic mass is 9.91. The number of hydrogen-bond acceptors (Lipinski definition) is 7. The maximum Gasteiger partial charge on any atom is 0.261 e. The van der Waals surface area contributed by atoms with E-state index in [9.17, 15) is 14.4 Å². The predicted molar refractivity (Wildman–Crippen MR) is 140 cm³/mol. The third-order valence-corrected chi connectivity index (χ3v) is 6.84. The Bertz CT molecular complexity index is 1110. The maximum atomic E-state index is 12.7. The van der Waals surface area contributed by atoms with Gasteiger partial charge in [0.25, 0.3) is 5.91 Å². The summed E-state index contributed by atoms with van der Waals surface area (Å²) in [6, 6.07) is 7.87. The van der Waals surface area contributed by atoms with Crippen molar-refractivity contribution in [2.24, 2.45) is 11.7 Å². The highest BCUT2D eigenvalue weighted by atomic mass is 32.1. The number of thiazole rings is 1. The fourth-order valence-corrected chi connectivity index (χ4v) is 4.78. The molecule has 0 saturated carbocycles. The van der Waals surface area contributed by atoms with Crippen LogP contribution in [0.1, 0.15) is 56.5 Å². The van der Waals surface area contributed by atoms with Crippen molar-refractivity contribution in [1.29, 1.82) is 5.26 Å². The standard InChI is InChI=1S/C24H30N4O3S.C2H5NO/c1-15(2)18-4-5-19-21(12-18)32-23(28-19)7-6-22(29)27-20(17-8-10-31-11-9-17)14-26-24(30)16(3)13-25;1-2(3)4/h4-5,12,15,17,20H,3,6-11,14H2,1-2H3,(H,26,30)(H,27,29);1H3,(H2,3,4). The second-order valence-corrected chi connectivity index (χ2v) is 10.1. The molecule has 1 unspecified atom stereocenters. The lowest BCUT2D eigenvalue weighted by molar-refractivity contribution is -0.123. The van der Waals surface area contributed by atoms with E-state index in [4.69, 9.17) is 10.00 Å². The van der Waals surface area contributed by atoms with Crippen molar-refractivity contribution in [3.63, 3.8) is 0 Å². The highest BCUT2D eigenvalue weighted by molar-refractivity contribution is 7.18. The SMILES string of the molecule is C=C(C#N)C(=O)NCC(NC(=O)CCc1nc2ccc(C(C)C)cc2s1)C1CCOCC1.CC(N)=O. The van der Waals surface area contributed by atoms with Gasteiger partial charge in [0.05, 0.1) is 15.2 Å². The summed E-state index contributed by atoms with van der Waals surface area (Å²) in [5.41, 5.74) is 6.58. The molecule has 1 aromatic heterocycles. The summed E-state index contributed by atoms with van der Waals surface area (Å²) >= 11 is 1.63. The van der Waals surface area contributed by atoms with Crippen LogP contribution in [0.2, 0.25) is 0 Å². The van der Waals surface area contributed by atoms with E-state index in [0.29, 0.717) is 32.0 Å². The third kappa shape index (κ3) is 9.40. The smallest absolute Gasteiger partial charge is 0.261 e. The minimum atomic E-state index is -0.506. The summed E-state index contributed by atoms with van der Waals surface area (Å²) < 4.78 is 6.57. The Hall–Kier alpha value is -3.29. The van der Waals surface area contributed by atoms with Crippen LogP contribution in [0.15, 0.2) is 30.4 Å². The highest BCUT2D eigenvalue weighted by Crippen LogP contribution is 2.27. The number of nitrogens with one attached hydrogen (secondary N) is 2. The van der Waals surface area contributed by atoms with Crippen LogP contribution >= 0.6 is 11.3 Å². The van der Waals surface area contributed by atoms with Crippen LogP contribution in [-0.4, -0.2) is 48.5 Å². The summed E-state index contributed by atoms with van der Waals surface area (Å²) in [6.45, 7) is 10.6. The molecular formula is C26H35N5O4S. The van der Waals surface area contributed by atoms with Gasteiger partial charge in [0, 0.05) is 45.6 Å². The molecule has 4 N–H and O–H groups in total. The van der Waals surface area contributed by atoms with E-state index in [-0.39, 0.29) is 35.9 Å². The first-order valence-electron chi connectivity index (χ1n) is 12.0. The summed E-state index contributed by atoms with van der Waals surface area (Å²) in [6.07, 6.45) is 2.53. The molecule has 36 heavy (non-hydrogen) atoms. The molecule has 1 atom stereocenters. The first-order chi connectivity index (χ1) is 17.1. The lowest BCUT2D eigenvalue weighted by Gasteiger charge is -2.31. The molecule has 2 heterocycles. The molecule has 2 aromatic rings. The van der Waals surface area contributed by atoms with E-state index in [1.165, 1.54) is 12.5 Å².